The molecule has 1 saturated heterocycles. The van der Waals surface area contributed by atoms with Gasteiger partial charge >= 0.3 is 6.09 Å². The van der Waals surface area contributed by atoms with Gasteiger partial charge in [0.1, 0.15) is 5.60 Å². The molecule has 0 bridgehead atoms. The summed E-state index contributed by atoms with van der Waals surface area (Å²) in [5.41, 5.74) is 2.77. The van der Waals surface area contributed by atoms with Crippen LogP contribution in [-0.2, 0) is 15.9 Å². The highest BCUT2D eigenvalue weighted by molar-refractivity contribution is 5.91. The van der Waals surface area contributed by atoms with E-state index >= 15 is 0 Å². The first-order valence-corrected chi connectivity index (χ1v) is 8.35. The van der Waals surface area contributed by atoms with Gasteiger partial charge in [-0.05, 0) is 64.3 Å². The van der Waals surface area contributed by atoms with Crippen LogP contribution in [0.3, 0.4) is 0 Å². The Labute approximate surface area is 137 Å². The Morgan fingerprint density at radius 1 is 1.39 bits per heavy atom. The van der Waals surface area contributed by atoms with Gasteiger partial charge in [-0.2, -0.15) is 0 Å². The Bertz CT molecular complexity index is 594. The molecule has 2 aliphatic heterocycles. The van der Waals surface area contributed by atoms with Crippen molar-refractivity contribution >= 4 is 17.5 Å². The summed E-state index contributed by atoms with van der Waals surface area (Å²) in [4.78, 5) is 14.0. The van der Waals surface area contributed by atoms with Crippen LogP contribution in [0.4, 0.5) is 16.2 Å². The van der Waals surface area contributed by atoms with Crippen molar-refractivity contribution in [3.8, 4) is 0 Å². The number of nitrogens with one attached hydrogen (secondary N) is 1. The number of nitrogens with zero attached hydrogens (tertiary/aromatic N) is 1. The minimum Gasteiger partial charge on any atom is -0.443 e. The normalized spacial score (nSPS) is 23.7. The van der Waals surface area contributed by atoms with Crippen molar-refractivity contribution in [3.63, 3.8) is 0 Å². The molecule has 1 fully saturated rings. The van der Waals surface area contributed by atoms with Gasteiger partial charge in [-0.3, -0.25) is 4.90 Å². The van der Waals surface area contributed by atoms with E-state index in [1.54, 1.807) is 4.90 Å². The Hall–Kier alpha value is -1.75. The minimum atomic E-state index is -0.472. The zero-order valence-corrected chi connectivity index (χ0v) is 14.4. The van der Waals surface area contributed by atoms with Gasteiger partial charge in [0.2, 0.25) is 0 Å². The molecule has 5 heteroatoms. The van der Waals surface area contributed by atoms with Gasteiger partial charge < -0.3 is 14.8 Å². The smallest absolute Gasteiger partial charge is 0.414 e. The fraction of sp³-hybridized carbons (Fsp3) is 0.611. The molecule has 1 aromatic rings. The molecule has 126 valence electrons. The lowest BCUT2D eigenvalue weighted by atomic mass is 10.1. The van der Waals surface area contributed by atoms with Gasteiger partial charge in [0.25, 0.3) is 0 Å². The van der Waals surface area contributed by atoms with E-state index in [2.05, 4.69) is 18.3 Å². The summed E-state index contributed by atoms with van der Waals surface area (Å²) in [5, 5.41) is 3.54. The zero-order chi connectivity index (χ0) is 16.6. The van der Waals surface area contributed by atoms with E-state index in [0.29, 0.717) is 12.6 Å². The number of ether oxygens (including phenoxy) is 2. The summed E-state index contributed by atoms with van der Waals surface area (Å²) in [5.74, 6) is 0. The topological polar surface area (TPSA) is 50.8 Å². The van der Waals surface area contributed by atoms with Crippen LogP contribution in [0.25, 0.3) is 0 Å². The number of hydrogen-bond acceptors (Lipinski definition) is 4. The third-order valence-corrected chi connectivity index (χ3v) is 4.32. The van der Waals surface area contributed by atoms with Crippen molar-refractivity contribution < 1.29 is 14.3 Å². The van der Waals surface area contributed by atoms with Gasteiger partial charge in [-0.25, -0.2) is 4.79 Å². The average Bonchev–Trinajstić information content (AvgIpc) is 3.03. The maximum atomic E-state index is 12.3. The van der Waals surface area contributed by atoms with E-state index in [0.717, 1.165) is 30.8 Å². The molecule has 2 aliphatic rings. The van der Waals surface area contributed by atoms with E-state index in [9.17, 15) is 4.79 Å². The van der Waals surface area contributed by atoms with E-state index in [4.69, 9.17) is 9.47 Å². The SMILES string of the molecule is C[C@@H]1OCC[C@H]1Nc1ccc2c(c1)CCN2C(=O)OC(C)(C)C. The summed E-state index contributed by atoms with van der Waals surface area (Å²) < 4.78 is 11.1. The first-order chi connectivity index (χ1) is 10.8. The van der Waals surface area contributed by atoms with Crippen LogP contribution in [0.15, 0.2) is 18.2 Å². The van der Waals surface area contributed by atoms with Crippen molar-refractivity contribution in [1.82, 2.24) is 0 Å². The zero-order valence-electron chi connectivity index (χ0n) is 14.4. The average molecular weight is 318 g/mol. The summed E-state index contributed by atoms with van der Waals surface area (Å²) in [6.07, 6.45) is 1.86. The van der Waals surface area contributed by atoms with E-state index < -0.39 is 5.60 Å². The number of anilines is 2. The van der Waals surface area contributed by atoms with E-state index in [1.807, 2.05) is 32.9 Å². The third-order valence-electron chi connectivity index (χ3n) is 4.32. The van der Waals surface area contributed by atoms with Crippen molar-refractivity contribution in [1.29, 1.82) is 0 Å². The summed E-state index contributed by atoms with van der Waals surface area (Å²) in [6, 6.07) is 6.54. The number of carbonyl (C=O) groups excluding carboxylic acids is 1. The molecule has 0 unspecified atom stereocenters. The summed E-state index contributed by atoms with van der Waals surface area (Å²) in [7, 11) is 0. The van der Waals surface area contributed by atoms with Gasteiger partial charge in [0.05, 0.1) is 17.8 Å². The molecular formula is C18H26N2O3. The Morgan fingerprint density at radius 2 is 2.17 bits per heavy atom. The van der Waals surface area contributed by atoms with E-state index in [-0.39, 0.29) is 12.2 Å². The van der Waals surface area contributed by atoms with E-state index in [1.165, 1.54) is 5.56 Å². The highest BCUT2D eigenvalue weighted by Crippen LogP contribution is 2.32. The van der Waals surface area contributed by atoms with Crippen LogP contribution < -0.4 is 10.2 Å². The highest BCUT2D eigenvalue weighted by atomic mass is 16.6. The number of amides is 1. The number of hydrogen-bond donors (Lipinski definition) is 1. The van der Waals surface area contributed by atoms with Crippen LogP contribution in [0.5, 0.6) is 0 Å². The molecule has 2 heterocycles. The van der Waals surface area contributed by atoms with Gasteiger partial charge in [0, 0.05) is 18.8 Å². The van der Waals surface area contributed by atoms with Crippen LogP contribution in [-0.4, -0.2) is 37.0 Å². The lowest BCUT2D eigenvalue weighted by molar-refractivity contribution is 0.0584. The molecule has 0 radical (unpaired) electrons. The monoisotopic (exact) mass is 318 g/mol. The number of fused-ring (bicyclic) bond motifs is 1. The highest BCUT2D eigenvalue weighted by Gasteiger charge is 2.29. The van der Waals surface area contributed by atoms with Gasteiger partial charge in [-0.15, -0.1) is 0 Å². The summed E-state index contributed by atoms with van der Waals surface area (Å²) in [6.45, 7) is 9.26. The van der Waals surface area contributed by atoms with Crippen molar-refractivity contribution in [3.05, 3.63) is 23.8 Å². The van der Waals surface area contributed by atoms with Crippen molar-refractivity contribution in [2.45, 2.75) is 58.3 Å². The first-order valence-electron chi connectivity index (χ1n) is 8.35. The second-order valence-corrected chi connectivity index (χ2v) is 7.34. The molecule has 0 spiro atoms. The fourth-order valence-corrected chi connectivity index (χ4v) is 3.13. The predicted octanol–water partition coefficient (Wildman–Crippen LogP) is 3.57. The molecule has 5 nitrogen and oxygen atoms in total. The largest absolute Gasteiger partial charge is 0.443 e. The lowest BCUT2D eigenvalue weighted by Crippen LogP contribution is -2.35. The van der Waals surface area contributed by atoms with Crippen molar-refractivity contribution in [2.24, 2.45) is 0 Å². The molecule has 0 saturated carbocycles. The molecule has 3 rings (SSSR count). The van der Waals surface area contributed by atoms with Crippen LogP contribution in [0, 0.1) is 0 Å². The molecule has 1 aromatic carbocycles. The molecule has 0 aliphatic carbocycles. The maximum Gasteiger partial charge on any atom is 0.414 e. The second-order valence-electron chi connectivity index (χ2n) is 7.34. The van der Waals surface area contributed by atoms with Crippen LogP contribution >= 0.6 is 0 Å². The molecule has 1 amide bonds. The second kappa shape index (κ2) is 6.04. The molecule has 1 N–H and O–H groups in total. The number of carbonyl (C=O) groups is 1. The van der Waals surface area contributed by atoms with Crippen LogP contribution in [0.1, 0.15) is 39.7 Å². The lowest BCUT2D eigenvalue weighted by Gasteiger charge is -2.25. The Balaban J connectivity index is 1.71. The Morgan fingerprint density at radius 3 is 2.83 bits per heavy atom. The van der Waals surface area contributed by atoms with Crippen LogP contribution in [0.2, 0.25) is 0 Å². The number of rotatable bonds is 2. The minimum absolute atomic E-state index is 0.238. The summed E-state index contributed by atoms with van der Waals surface area (Å²) >= 11 is 0. The predicted molar refractivity (Wildman–Crippen MR) is 91.2 cm³/mol. The first kappa shape index (κ1) is 16.1. The molecule has 2 atom stereocenters. The standard InChI is InChI=1S/C18H26N2O3/c1-12-15(8-10-22-12)19-14-5-6-16-13(11-14)7-9-20(16)17(21)23-18(2,3)4/h5-6,11-12,15,19H,7-10H2,1-4H3/t12-,15+/m0/s1. The number of benzene rings is 1. The quantitative estimate of drug-likeness (QED) is 0.905. The van der Waals surface area contributed by atoms with Gasteiger partial charge in [-0.1, -0.05) is 0 Å². The Kier molecular flexibility index (Phi) is 4.23. The van der Waals surface area contributed by atoms with Gasteiger partial charge in [0.15, 0.2) is 0 Å². The van der Waals surface area contributed by atoms with Crippen molar-refractivity contribution in [2.75, 3.05) is 23.4 Å². The third kappa shape index (κ3) is 3.61. The maximum absolute atomic E-state index is 12.3. The molecule has 0 aromatic heterocycles. The molecule has 23 heavy (non-hydrogen) atoms. The molecular weight excluding hydrogens is 292 g/mol. The fourth-order valence-electron chi connectivity index (χ4n) is 3.13.